The van der Waals surface area contributed by atoms with Gasteiger partial charge in [-0.15, -0.1) is 0 Å². The lowest BCUT2D eigenvalue weighted by molar-refractivity contribution is 0.0754. The molecule has 0 aliphatic carbocycles. The Morgan fingerprint density at radius 1 is 1.39 bits per heavy atom. The molecule has 0 aliphatic rings. The van der Waals surface area contributed by atoms with Crippen LogP contribution in [-0.2, 0) is 0 Å². The van der Waals surface area contributed by atoms with Gasteiger partial charge in [-0.25, -0.2) is 0 Å². The molecule has 1 rings (SSSR count). The summed E-state index contributed by atoms with van der Waals surface area (Å²) in [6.45, 7) is 6.11. The van der Waals surface area contributed by atoms with E-state index in [0.717, 1.165) is 25.2 Å². The number of rotatable bonds is 6. The molecular weight excluding hydrogens is 230 g/mol. The average Bonchev–Trinajstić information content (AvgIpc) is 2.65. The summed E-state index contributed by atoms with van der Waals surface area (Å²) < 4.78 is 0. The molecule has 0 fully saturated rings. The van der Waals surface area contributed by atoms with E-state index in [4.69, 9.17) is 5.73 Å². The topological polar surface area (TPSA) is 78.2 Å². The van der Waals surface area contributed by atoms with E-state index in [1.54, 1.807) is 11.8 Å². The van der Waals surface area contributed by atoms with Gasteiger partial charge in [-0.2, -0.15) is 5.10 Å². The van der Waals surface area contributed by atoms with E-state index in [1.807, 2.05) is 21.0 Å². The lowest BCUT2D eigenvalue weighted by atomic mass is 10.2. The summed E-state index contributed by atoms with van der Waals surface area (Å²) in [5, 5.41) is 6.72. The molecule has 1 aromatic heterocycles. The van der Waals surface area contributed by atoms with Crippen molar-refractivity contribution in [3.8, 4) is 0 Å². The van der Waals surface area contributed by atoms with Crippen molar-refractivity contribution < 1.29 is 4.79 Å². The summed E-state index contributed by atoms with van der Waals surface area (Å²) in [6.07, 6.45) is 0.940. The molecule has 0 spiro atoms. The second kappa shape index (κ2) is 6.39. The molecule has 102 valence electrons. The third kappa shape index (κ3) is 3.46. The normalized spacial score (nSPS) is 10.9. The molecule has 0 atom stereocenters. The smallest absolute Gasteiger partial charge is 0.276 e. The van der Waals surface area contributed by atoms with Crippen molar-refractivity contribution >= 4 is 11.6 Å². The Morgan fingerprint density at radius 3 is 2.50 bits per heavy atom. The Labute approximate surface area is 108 Å². The maximum atomic E-state index is 12.2. The number of hydrogen-bond acceptors (Lipinski definition) is 4. The number of aryl methyl sites for hydroxylation is 1. The van der Waals surface area contributed by atoms with Gasteiger partial charge in [-0.05, 0) is 40.9 Å². The van der Waals surface area contributed by atoms with Gasteiger partial charge in [0.05, 0.1) is 11.4 Å². The summed E-state index contributed by atoms with van der Waals surface area (Å²) >= 11 is 0. The number of amides is 1. The Hall–Kier alpha value is -1.56. The minimum atomic E-state index is -0.0990. The quantitative estimate of drug-likeness (QED) is 0.783. The zero-order valence-electron chi connectivity index (χ0n) is 11.7. The van der Waals surface area contributed by atoms with Gasteiger partial charge >= 0.3 is 0 Å². The number of anilines is 1. The summed E-state index contributed by atoms with van der Waals surface area (Å²) in [5.41, 5.74) is 7.34. The Kier molecular flexibility index (Phi) is 5.15. The number of nitrogen functional groups attached to an aromatic ring is 1. The molecule has 6 heteroatoms. The monoisotopic (exact) mass is 253 g/mol. The number of aromatic amines is 1. The van der Waals surface area contributed by atoms with Crippen LogP contribution in [0.3, 0.4) is 0 Å². The number of hydrogen-bond donors (Lipinski definition) is 2. The number of carbonyl (C=O) groups is 1. The fraction of sp³-hybridized carbons (Fsp3) is 0.667. The minimum Gasteiger partial charge on any atom is -0.395 e. The molecule has 0 saturated carbocycles. The Bertz CT molecular complexity index is 399. The standard InChI is InChI=1S/C12H23N5O/c1-5-17(8-6-7-16(3)4)12(18)11-10(13)9(2)14-15-11/h5-8,13H2,1-4H3,(H,14,15). The second-order valence-corrected chi connectivity index (χ2v) is 4.65. The highest BCUT2D eigenvalue weighted by Gasteiger charge is 2.20. The zero-order chi connectivity index (χ0) is 13.7. The molecule has 6 nitrogen and oxygen atoms in total. The van der Waals surface area contributed by atoms with Crippen LogP contribution in [0.5, 0.6) is 0 Å². The van der Waals surface area contributed by atoms with Gasteiger partial charge in [0.25, 0.3) is 5.91 Å². The molecule has 0 bridgehead atoms. The van der Waals surface area contributed by atoms with Gasteiger partial charge in [0, 0.05) is 13.1 Å². The largest absolute Gasteiger partial charge is 0.395 e. The van der Waals surface area contributed by atoms with E-state index in [2.05, 4.69) is 15.1 Å². The fourth-order valence-electron chi connectivity index (χ4n) is 1.73. The van der Waals surface area contributed by atoms with Gasteiger partial charge in [-0.1, -0.05) is 0 Å². The number of nitrogens with two attached hydrogens (primary N) is 1. The van der Waals surface area contributed by atoms with E-state index in [1.165, 1.54) is 0 Å². The van der Waals surface area contributed by atoms with Crippen LogP contribution in [0.1, 0.15) is 29.5 Å². The van der Waals surface area contributed by atoms with Gasteiger partial charge in [0.2, 0.25) is 0 Å². The van der Waals surface area contributed by atoms with Crippen LogP contribution in [0, 0.1) is 6.92 Å². The number of nitrogens with zero attached hydrogens (tertiary/aromatic N) is 3. The number of H-pyrrole nitrogens is 1. The van der Waals surface area contributed by atoms with Crippen molar-refractivity contribution in [2.24, 2.45) is 0 Å². The Morgan fingerprint density at radius 2 is 2.06 bits per heavy atom. The predicted octanol–water partition coefficient (Wildman–Crippen LogP) is 0.714. The molecule has 0 unspecified atom stereocenters. The van der Waals surface area contributed by atoms with Crippen molar-refractivity contribution in [1.82, 2.24) is 20.0 Å². The highest BCUT2D eigenvalue weighted by molar-refractivity contribution is 5.97. The van der Waals surface area contributed by atoms with E-state index in [-0.39, 0.29) is 5.91 Å². The van der Waals surface area contributed by atoms with E-state index in [9.17, 15) is 4.79 Å². The van der Waals surface area contributed by atoms with Crippen molar-refractivity contribution in [2.45, 2.75) is 20.3 Å². The highest BCUT2D eigenvalue weighted by atomic mass is 16.2. The van der Waals surface area contributed by atoms with Crippen LogP contribution < -0.4 is 5.73 Å². The van der Waals surface area contributed by atoms with E-state index in [0.29, 0.717) is 17.9 Å². The minimum absolute atomic E-state index is 0.0990. The molecule has 0 aliphatic heterocycles. The van der Waals surface area contributed by atoms with Gasteiger partial charge < -0.3 is 15.5 Å². The third-order valence-electron chi connectivity index (χ3n) is 2.90. The molecule has 0 radical (unpaired) electrons. The maximum Gasteiger partial charge on any atom is 0.276 e. The molecule has 0 aromatic carbocycles. The summed E-state index contributed by atoms with van der Waals surface area (Å²) in [5.74, 6) is -0.0990. The summed E-state index contributed by atoms with van der Waals surface area (Å²) in [7, 11) is 4.04. The zero-order valence-corrected chi connectivity index (χ0v) is 11.7. The molecule has 3 N–H and O–H groups in total. The van der Waals surface area contributed by atoms with Crippen molar-refractivity contribution in [1.29, 1.82) is 0 Å². The van der Waals surface area contributed by atoms with Crippen molar-refractivity contribution in [2.75, 3.05) is 39.5 Å². The van der Waals surface area contributed by atoms with Gasteiger partial charge in [0.1, 0.15) is 0 Å². The van der Waals surface area contributed by atoms with E-state index >= 15 is 0 Å². The lowest BCUT2D eigenvalue weighted by Gasteiger charge is -2.21. The van der Waals surface area contributed by atoms with Crippen LogP contribution >= 0.6 is 0 Å². The SMILES string of the molecule is CCN(CCCN(C)C)C(=O)c1n[nH]c(C)c1N. The first-order chi connectivity index (χ1) is 8.47. The first-order valence-corrected chi connectivity index (χ1v) is 6.21. The van der Waals surface area contributed by atoms with Gasteiger partial charge in [0.15, 0.2) is 5.69 Å². The number of carbonyl (C=O) groups excluding carboxylic acids is 1. The molecule has 0 saturated heterocycles. The summed E-state index contributed by atoms with van der Waals surface area (Å²) in [6, 6.07) is 0. The van der Waals surface area contributed by atoms with Crippen LogP contribution in [0.4, 0.5) is 5.69 Å². The first kappa shape index (κ1) is 14.5. The van der Waals surface area contributed by atoms with Crippen LogP contribution in [-0.4, -0.2) is 59.6 Å². The second-order valence-electron chi connectivity index (χ2n) is 4.65. The van der Waals surface area contributed by atoms with Crippen LogP contribution in [0.15, 0.2) is 0 Å². The third-order valence-corrected chi connectivity index (χ3v) is 2.90. The molecular formula is C12H23N5O. The molecule has 1 aromatic rings. The van der Waals surface area contributed by atoms with Crippen molar-refractivity contribution in [3.05, 3.63) is 11.4 Å². The number of nitrogens with one attached hydrogen (secondary N) is 1. The van der Waals surface area contributed by atoms with Gasteiger partial charge in [-0.3, -0.25) is 9.89 Å². The van der Waals surface area contributed by atoms with Crippen LogP contribution in [0.2, 0.25) is 0 Å². The Balaban J connectivity index is 2.65. The lowest BCUT2D eigenvalue weighted by Crippen LogP contribution is -2.33. The molecule has 18 heavy (non-hydrogen) atoms. The predicted molar refractivity (Wildman–Crippen MR) is 72.5 cm³/mol. The van der Waals surface area contributed by atoms with Crippen LogP contribution in [0.25, 0.3) is 0 Å². The maximum absolute atomic E-state index is 12.2. The van der Waals surface area contributed by atoms with Crippen molar-refractivity contribution in [3.63, 3.8) is 0 Å². The number of aromatic nitrogens is 2. The van der Waals surface area contributed by atoms with E-state index < -0.39 is 0 Å². The molecule has 1 amide bonds. The fourth-order valence-corrected chi connectivity index (χ4v) is 1.73. The summed E-state index contributed by atoms with van der Waals surface area (Å²) in [4.78, 5) is 16.1. The highest BCUT2D eigenvalue weighted by Crippen LogP contribution is 2.14. The first-order valence-electron chi connectivity index (χ1n) is 6.21. The average molecular weight is 253 g/mol. The molecule has 1 heterocycles.